The van der Waals surface area contributed by atoms with Gasteiger partial charge in [0.25, 0.3) is 0 Å². The van der Waals surface area contributed by atoms with Gasteiger partial charge >= 0.3 is 6.18 Å². The first-order chi connectivity index (χ1) is 15.3. The highest BCUT2D eigenvalue weighted by Crippen LogP contribution is 2.33. The molecule has 1 aliphatic heterocycles. The van der Waals surface area contributed by atoms with Crippen molar-refractivity contribution in [2.75, 3.05) is 13.1 Å². The Morgan fingerprint density at radius 2 is 1.88 bits per heavy atom. The van der Waals surface area contributed by atoms with Crippen molar-refractivity contribution in [2.45, 2.75) is 31.6 Å². The molecule has 9 heteroatoms. The number of alkyl halides is 3. The molecule has 0 amide bonds. The number of piperidine rings is 1. The third-order valence-electron chi connectivity index (χ3n) is 6.16. The molecule has 1 aliphatic rings. The number of likely N-dealkylation sites (tertiary alicyclic amines) is 1. The van der Waals surface area contributed by atoms with Gasteiger partial charge in [-0.3, -0.25) is 9.69 Å². The van der Waals surface area contributed by atoms with Crippen molar-refractivity contribution in [3.8, 4) is 0 Å². The summed E-state index contributed by atoms with van der Waals surface area (Å²) in [5.74, 6) is -1.25. The summed E-state index contributed by atoms with van der Waals surface area (Å²) >= 11 is 0. The van der Waals surface area contributed by atoms with Gasteiger partial charge in [0.15, 0.2) is 5.43 Å². The molecule has 1 N–H and O–H groups in total. The van der Waals surface area contributed by atoms with Crippen LogP contribution in [0.3, 0.4) is 0 Å². The van der Waals surface area contributed by atoms with Crippen molar-refractivity contribution in [3.63, 3.8) is 0 Å². The van der Waals surface area contributed by atoms with Crippen molar-refractivity contribution in [2.24, 2.45) is 0 Å². The van der Waals surface area contributed by atoms with Crippen LogP contribution in [0.1, 0.15) is 30.0 Å². The maximum Gasteiger partial charge on any atom is 0.419 e. The van der Waals surface area contributed by atoms with Gasteiger partial charge in [-0.15, -0.1) is 0 Å². The van der Waals surface area contributed by atoms with Crippen molar-refractivity contribution >= 4 is 21.9 Å². The Labute approximate surface area is 180 Å². The zero-order valence-electron chi connectivity index (χ0n) is 17.0. The summed E-state index contributed by atoms with van der Waals surface area (Å²) in [5.41, 5.74) is 0.683. The van der Waals surface area contributed by atoms with Gasteiger partial charge in [-0.05, 0) is 36.6 Å². The molecule has 3 aromatic heterocycles. The summed E-state index contributed by atoms with van der Waals surface area (Å²) in [4.78, 5) is 21.8. The summed E-state index contributed by atoms with van der Waals surface area (Å²) in [6.07, 6.45) is 2.04. The molecule has 5 nitrogen and oxygen atoms in total. The molecule has 4 aromatic rings. The van der Waals surface area contributed by atoms with E-state index >= 15 is 0 Å². The van der Waals surface area contributed by atoms with Gasteiger partial charge in [0.2, 0.25) is 0 Å². The monoisotopic (exact) mass is 444 g/mol. The van der Waals surface area contributed by atoms with Gasteiger partial charge in [0, 0.05) is 55.7 Å². The van der Waals surface area contributed by atoms with Gasteiger partial charge in [0.05, 0.1) is 16.5 Å². The Bertz CT molecular complexity index is 1350. The number of fused-ring (bicyclic) bond motifs is 3. The fraction of sp³-hybridized carbons (Fsp3) is 0.304. The Kier molecular flexibility index (Phi) is 5.00. The molecule has 4 heterocycles. The fourth-order valence-corrected chi connectivity index (χ4v) is 4.57. The number of benzene rings is 1. The van der Waals surface area contributed by atoms with Crippen LogP contribution in [-0.2, 0) is 12.7 Å². The SMILES string of the molecule is O=c1ccn(C2CCN(Cc3ccc(F)c(C(F)(F)F)c3)CC2)c2c1cnc1[nH]ccc12. The third-order valence-corrected chi connectivity index (χ3v) is 6.16. The largest absolute Gasteiger partial charge is 0.419 e. The second-order valence-electron chi connectivity index (χ2n) is 8.17. The fourth-order valence-electron chi connectivity index (χ4n) is 4.57. The number of halogens is 4. The summed E-state index contributed by atoms with van der Waals surface area (Å²) in [6.45, 7) is 1.68. The minimum absolute atomic E-state index is 0.0823. The molecule has 0 atom stereocenters. The van der Waals surface area contributed by atoms with Crippen LogP contribution in [0.4, 0.5) is 17.6 Å². The molecular weight excluding hydrogens is 424 g/mol. The standard InChI is InChI=1S/C23H20F4N4O/c24-19-2-1-14(11-18(19)23(25,26)27)13-30-8-4-15(5-9-30)31-10-6-20(32)17-12-29-22-16(21(17)31)3-7-28-22/h1-3,6-7,10-12,15H,4-5,8-9,13H2,(H,28,29). The van der Waals surface area contributed by atoms with Crippen LogP contribution < -0.4 is 5.43 Å². The topological polar surface area (TPSA) is 53.9 Å². The minimum atomic E-state index is -4.71. The highest BCUT2D eigenvalue weighted by molar-refractivity contribution is 6.02. The van der Waals surface area contributed by atoms with Gasteiger partial charge in [-0.25, -0.2) is 9.37 Å². The number of hydrogen-bond donors (Lipinski definition) is 1. The lowest BCUT2D eigenvalue weighted by Crippen LogP contribution is -2.34. The molecule has 32 heavy (non-hydrogen) atoms. The predicted molar refractivity (Wildman–Crippen MR) is 113 cm³/mol. The molecule has 0 unspecified atom stereocenters. The molecule has 0 saturated carbocycles. The third kappa shape index (κ3) is 3.66. The maximum atomic E-state index is 13.6. The van der Waals surface area contributed by atoms with Crippen LogP contribution in [0.2, 0.25) is 0 Å². The van der Waals surface area contributed by atoms with E-state index in [0.29, 0.717) is 36.2 Å². The number of rotatable bonds is 3. The lowest BCUT2D eigenvalue weighted by molar-refractivity contribution is -0.140. The van der Waals surface area contributed by atoms with Crippen molar-refractivity contribution in [1.82, 2.24) is 19.4 Å². The molecule has 0 aliphatic carbocycles. The Hall–Kier alpha value is -3.20. The summed E-state index contributed by atoms with van der Waals surface area (Å²) in [6, 6.07) is 6.78. The number of pyridine rings is 2. The summed E-state index contributed by atoms with van der Waals surface area (Å²) in [7, 11) is 0. The van der Waals surface area contributed by atoms with Crippen LogP contribution in [0.5, 0.6) is 0 Å². The van der Waals surface area contributed by atoms with Crippen molar-refractivity contribution in [3.05, 3.63) is 76.1 Å². The zero-order valence-corrected chi connectivity index (χ0v) is 17.0. The van der Waals surface area contributed by atoms with Crippen LogP contribution in [0, 0.1) is 5.82 Å². The minimum Gasteiger partial charge on any atom is -0.346 e. The van der Waals surface area contributed by atoms with E-state index in [1.165, 1.54) is 6.07 Å². The Morgan fingerprint density at radius 3 is 2.62 bits per heavy atom. The summed E-state index contributed by atoms with van der Waals surface area (Å²) < 4.78 is 54.7. The summed E-state index contributed by atoms with van der Waals surface area (Å²) in [5, 5.41) is 1.45. The lowest BCUT2D eigenvalue weighted by atomic mass is 10.0. The van der Waals surface area contributed by atoms with Gasteiger partial charge in [-0.1, -0.05) is 6.07 Å². The highest BCUT2D eigenvalue weighted by Gasteiger charge is 2.34. The average molecular weight is 444 g/mol. The number of aromatic nitrogens is 3. The first kappa shape index (κ1) is 20.7. The number of hydrogen-bond acceptors (Lipinski definition) is 3. The molecule has 5 rings (SSSR count). The molecule has 0 spiro atoms. The van der Waals surface area contributed by atoms with E-state index in [9.17, 15) is 22.4 Å². The van der Waals surface area contributed by atoms with Gasteiger partial charge < -0.3 is 9.55 Å². The quantitative estimate of drug-likeness (QED) is 0.459. The van der Waals surface area contributed by atoms with Crippen molar-refractivity contribution in [1.29, 1.82) is 0 Å². The van der Waals surface area contributed by atoms with Crippen molar-refractivity contribution < 1.29 is 17.6 Å². The number of nitrogens with zero attached hydrogens (tertiary/aromatic N) is 3. The first-order valence-corrected chi connectivity index (χ1v) is 10.4. The van der Waals surface area contributed by atoms with E-state index in [-0.39, 0.29) is 11.5 Å². The number of aromatic amines is 1. The smallest absolute Gasteiger partial charge is 0.346 e. The molecule has 1 aromatic carbocycles. The molecule has 1 fully saturated rings. The zero-order chi connectivity index (χ0) is 22.5. The van der Waals surface area contributed by atoms with E-state index in [1.54, 1.807) is 18.5 Å². The second-order valence-corrected chi connectivity index (χ2v) is 8.17. The lowest BCUT2D eigenvalue weighted by Gasteiger charge is -2.34. The second kappa shape index (κ2) is 7.74. The van der Waals surface area contributed by atoms with E-state index in [1.807, 2.05) is 12.3 Å². The van der Waals surface area contributed by atoms with Gasteiger partial charge in [-0.2, -0.15) is 13.2 Å². The molecular formula is C23H20F4N4O. The Morgan fingerprint density at radius 1 is 1.09 bits per heavy atom. The van der Waals surface area contributed by atoms with E-state index in [4.69, 9.17) is 0 Å². The Balaban J connectivity index is 1.37. The van der Waals surface area contributed by atoms with Gasteiger partial charge in [0.1, 0.15) is 11.5 Å². The first-order valence-electron chi connectivity index (χ1n) is 10.4. The number of nitrogens with one attached hydrogen (secondary N) is 1. The normalized spacial score (nSPS) is 16.2. The van der Waals surface area contributed by atoms with E-state index in [0.717, 1.165) is 35.9 Å². The molecule has 166 valence electrons. The maximum absolute atomic E-state index is 13.6. The average Bonchev–Trinajstić information content (AvgIpc) is 3.24. The van der Waals surface area contributed by atoms with Crippen LogP contribution in [0.25, 0.3) is 21.9 Å². The predicted octanol–water partition coefficient (Wildman–Crippen LogP) is 4.87. The molecule has 1 saturated heterocycles. The highest BCUT2D eigenvalue weighted by atomic mass is 19.4. The number of H-pyrrole nitrogens is 1. The van der Waals surface area contributed by atoms with E-state index < -0.39 is 17.6 Å². The van der Waals surface area contributed by atoms with Crippen LogP contribution >= 0.6 is 0 Å². The van der Waals surface area contributed by atoms with E-state index in [2.05, 4.69) is 19.4 Å². The molecule has 0 bridgehead atoms. The van der Waals surface area contributed by atoms with Crippen LogP contribution in [0.15, 0.2) is 53.7 Å². The van der Waals surface area contributed by atoms with Crippen LogP contribution in [-0.4, -0.2) is 32.5 Å². The molecule has 0 radical (unpaired) electrons.